The molecule has 3 atom stereocenters. The number of alkyl halides is 3. The van der Waals surface area contributed by atoms with E-state index in [0.717, 1.165) is 33.7 Å². The molecular formula is C29H30F3NO2. The molecule has 1 heterocycles. The Morgan fingerprint density at radius 3 is 2.60 bits per heavy atom. The number of hydrogen-bond acceptors (Lipinski definition) is 3. The Hall–Kier alpha value is -2.86. The quantitative estimate of drug-likeness (QED) is 0.453. The van der Waals surface area contributed by atoms with Crippen LogP contribution in [0.25, 0.3) is 0 Å². The number of pyridine rings is 1. The van der Waals surface area contributed by atoms with Gasteiger partial charge in [-0.3, -0.25) is 4.98 Å². The van der Waals surface area contributed by atoms with Crippen LogP contribution in [0.1, 0.15) is 53.6 Å². The van der Waals surface area contributed by atoms with Crippen molar-refractivity contribution in [1.29, 1.82) is 0 Å². The molecule has 6 heteroatoms. The van der Waals surface area contributed by atoms with Crippen molar-refractivity contribution in [3.05, 3.63) is 94.8 Å². The van der Waals surface area contributed by atoms with Crippen LogP contribution in [-0.4, -0.2) is 21.9 Å². The first-order valence-corrected chi connectivity index (χ1v) is 12.2. The summed E-state index contributed by atoms with van der Waals surface area (Å²) in [7, 11) is 0. The molecule has 2 aliphatic rings. The molecule has 0 saturated heterocycles. The molecule has 0 aliphatic heterocycles. The van der Waals surface area contributed by atoms with E-state index >= 15 is 0 Å². The first kappa shape index (κ1) is 23.9. The van der Waals surface area contributed by atoms with E-state index in [1.165, 1.54) is 0 Å². The second kappa shape index (κ2) is 8.98. The average Bonchev–Trinajstić information content (AvgIpc) is 2.84. The van der Waals surface area contributed by atoms with Crippen molar-refractivity contribution in [1.82, 2.24) is 4.98 Å². The molecule has 3 aromatic rings. The van der Waals surface area contributed by atoms with Gasteiger partial charge in [-0.05, 0) is 86.3 Å². The summed E-state index contributed by atoms with van der Waals surface area (Å²) in [4.78, 5) is 4.30. The molecule has 1 N–H and O–H groups in total. The summed E-state index contributed by atoms with van der Waals surface area (Å²) in [5, 5.41) is 10.6. The van der Waals surface area contributed by atoms with Crippen LogP contribution in [0.2, 0.25) is 0 Å². The van der Waals surface area contributed by atoms with Gasteiger partial charge in [-0.1, -0.05) is 42.5 Å². The van der Waals surface area contributed by atoms with E-state index in [1.54, 1.807) is 6.20 Å². The van der Waals surface area contributed by atoms with Crippen LogP contribution in [0, 0.1) is 12.8 Å². The Morgan fingerprint density at radius 2 is 1.86 bits per heavy atom. The summed E-state index contributed by atoms with van der Waals surface area (Å²) in [6, 6.07) is 19.9. The lowest BCUT2D eigenvalue weighted by Crippen LogP contribution is -2.56. The molecular weight excluding hydrogens is 451 g/mol. The Balaban J connectivity index is 1.47. The third-order valence-corrected chi connectivity index (χ3v) is 8.13. The van der Waals surface area contributed by atoms with Gasteiger partial charge in [0.25, 0.3) is 0 Å². The third kappa shape index (κ3) is 4.44. The maximum atomic E-state index is 13.8. The molecule has 0 radical (unpaired) electrons. The van der Waals surface area contributed by atoms with E-state index in [2.05, 4.69) is 11.1 Å². The number of aromatic nitrogens is 1. The highest BCUT2D eigenvalue weighted by atomic mass is 19.4. The van der Waals surface area contributed by atoms with Gasteiger partial charge in [-0.2, -0.15) is 13.2 Å². The van der Waals surface area contributed by atoms with Gasteiger partial charge in [0.05, 0.1) is 0 Å². The van der Waals surface area contributed by atoms with E-state index in [0.29, 0.717) is 32.3 Å². The number of ether oxygens (including phenoxy) is 1. The minimum Gasteiger partial charge on any atom is -0.489 e. The number of fused-ring (bicyclic) bond motifs is 3. The smallest absolute Gasteiger partial charge is 0.417 e. The van der Waals surface area contributed by atoms with E-state index in [4.69, 9.17) is 4.74 Å². The molecule has 2 aromatic carbocycles. The van der Waals surface area contributed by atoms with Crippen LogP contribution < -0.4 is 4.74 Å². The van der Waals surface area contributed by atoms with Gasteiger partial charge < -0.3 is 9.84 Å². The second-order valence-electron chi connectivity index (χ2n) is 10.1. The van der Waals surface area contributed by atoms with Crippen LogP contribution in [0.15, 0.2) is 66.9 Å². The number of benzene rings is 2. The summed E-state index contributed by atoms with van der Waals surface area (Å²) in [6.07, 6.45) is -1.14. The Kier molecular flexibility index (Phi) is 6.12. The van der Waals surface area contributed by atoms with Crippen LogP contribution in [0.4, 0.5) is 13.2 Å². The zero-order valence-electron chi connectivity index (χ0n) is 19.8. The number of aliphatic hydroxyl groups is 1. The highest BCUT2D eigenvalue weighted by Gasteiger charge is 2.61. The van der Waals surface area contributed by atoms with Crippen molar-refractivity contribution in [3.63, 3.8) is 0 Å². The van der Waals surface area contributed by atoms with Gasteiger partial charge in [-0.15, -0.1) is 0 Å². The molecule has 3 nitrogen and oxygen atoms in total. The highest BCUT2D eigenvalue weighted by molar-refractivity contribution is 5.45. The third-order valence-electron chi connectivity index (χ3n) is 8.13. The minimum atomic E-state index is -4.62. The Morgan fingerprint density at radius 1 is 1.06 bits per heavy atom. The molecule has 1 fully saturated rings. The predicted octanol–water partition coefficient (Wildman–Crippen LogP) is 6.49. The number of halogens is 3. The maximum absolute atomic E-state index is 13.8. The molecule has 0 unspecified atom stereocenters. The Bertz CT molecular complexity index is 1200. The predicted molar refractivity (Wildman–Crippen MR) is 128 cm³/mol. The largest absolute Gasteiger partial charge is 0.489 e. The van der Waals surface area contributed by atoms with Gasteiger partial charge >= 0.3 is 6.18 Å². The minimum absolute atomic E-state index is 0.249. The fourth-order valence-corrected chi connectivity index (χ4v) is 6.13. The number of rotatable bonds is 5. The molecule has 1 saturated carbocycles. The van der Waals surface area contributed by atoms with Gasteiger partial charge in [0.2, 0.25) is 0 Å². The summed E-state index contributed by atoms with van der Waals surface area (Å²) in [6.45, 7) is 2.36. The summed E-state index contributed by atoms with van der Waals surface area (Å²) >= 11 is 0. The molecule has 184 valence electrons. The van der Waals surface area contributed by atoms with E-state index in [1.807, 2.05) is 61.5 Å². The van der Waals surface area contributed by atoms with Crippen molar-refractivity contribution in [2.75, 3.05) is 0 Å². The lowest BCUT2D eigenvalue weighted by Gasteiger charge is -2.53. The first-order chi connectivity index (χ1) is 16.7. The SMILES string of the molecule is Cc1ncccc1COc1ccc2c(c1)CC[C@@H]1C[C@@](O)(C(F)(F)F)CC[C@@]21Cc1ccccc1. The topological polar surface area (TPSA) is 42.4 Å². The van der Waals surface area contributed by atoms with Crippen LogP contribution in [0.3, 0.4) is 0 Å². The Labute approximate surface area is 204 Å². The molecule has 0 spiro atoms. The molecule has 5 rings (SSSR count). The highest BCUT2D eigenvalue weighted by Crippen LogP contribution is 2.57. The fourth-order valence-electron chi connectivity index (χ4n) is 6.13. The zero-order chi connectivity index (χ0) is 24.7. The van der Waals surface area contributed by atoms with Crippen molar-refractivity contribution in [2.45, 2.75) is 69.2 Å². The van der Waals surface area contributed by atoms with Crippen molar-refractivity contribution >= 4 is 0 Å². The van der Waals surface area contributed by atoms with Gasteiger partial charge in [0.1, 0.15) is 12.4 Å². The lowest BCUT2D eigenvalue weighted by molar-refractivity contribution is -0.279. The van der Waals surface area contributed by atoms with Crippen molar-refractivity contribution in [2.24, 2.45) is 5.92 Å². The van der Waals surface area contributed by atoms with Crippen LogP contribution in [-0.2, 0) is 24.9 Å². The summed E-state index contributed by atoms with van der Waals surface area (Å²) in [5.74, 6) is 0.503. The van der Waals surface area contributed by atoms with E-state index in [9.17, 15) is 18.3 Å². The molecule has 0 amide bonds. The number of aryl methyl sites for hydroxylation is 2. The summed E-state index contributed by atoms with van der Waals surface area (Å²) < 4.78 is 47.4. The standard InChI is InChI=1S/C29H30F3NO2/c1-20-23(8-5-15-33-20)19-35-25-11-12-26-22(16-25)9-10-24-18-28(34,29(30,31)32)14-13-27(24,26)17-21-6-3-2-4-7-21/h2-8,11-12,15-16,24,34H,9-10,13-14,17-19H2,1H3/t24-,27+,28-/m1/s1. The molecule has 1 aromatic heterocycles. The van der Waals surface area contributed by atoms with Crippen LogP contribution >= 0.6 is 0 Å². The molecule has 2 aliphatic carbocycles. The van der Waals surface area contributed by atoms with E-state index in [-0.39, 0.29) is 18.8 Å². The second-order valence-corrected chi connectivity index (χ2v) is 10.1. The number of hydrogen-bond donors (Lipinski definition) is 1. The van der Waals surface area contributed by atoms with Crippen molar-refractivity contribution < 1.29 is 23.0 Å². The first-order valence-electron chi connectivity index (χ1n) is 12.2. The van der Waals surface area contributed by atoms with Gasteiger partial charge in [0.15, 0.2) is 5.60 Å². The lowest BCUT2D eigenvalue weighted by atomic mass is 9.52. The zero-order valence-corrected chi connectivity index (χ0v) is 19.8. The normalized spacial score (nSPS) is 26.0. The molecule has 0 bridgehead atoms. The van der Waals surface area contributed by atoms with Gasteiger partial charge in [0, 0.05) is 22.9 Å². The maximum Gasteiger partial charge on any atom is 0.417 e. The molecule has 35 heavy (non-hydrogen) atoms. The fraction of sp³-hybridized carbons (Fsp3) is 0.414. The van der Waals surface area contributed by atoms with Crippen LogP contribution in [0.5, 0.6) is 5.75 Å². The van der Waals surface area contributed by atoms with Gasteiger partial charge in [-0.25, -0.2) is 0 Å². The monoisotopic (exact) mass is 481 g/mol. The van der Waals surface area contributed by atoms with E-state index < -0.39 is 17.2 Å². The average molecular weight is 482 g/mol. The summed E-state index contributed by atoms with van der Waals surface area (Å²) in [5.41, 5.74) is 2.24. The van der Waals surface area contributed by atoms with Crippen molar-refractivity contribution in [3.8, 4) is 5.75 Å². The number of nitrogens with zero attached hydrogens (tertiary/aromatic N) is 1.